The summed E-state index contributed by atoms with van der Waals surface area (Å²) in [5.74, 6) is 1.55. The van der Waals surface area contributed by atoms with Gasteiger partial charge in [-0.1, -0.05) is 5.16 Å². The molecule has 1 aliphatic heterocycles. The maximum absolute atomic E-state index is 5.62. The third-order valence-corrected chi connectivity index (χ3v) is 4.21. The van der Waals surface area contributed by atoms with Crippen LogP contribution in [0.2, 0.25) is 0 Å². The second-order valence-electron chi connectivity index (χ2n) is 5.17. The van der Waals surface area contributed by atoms with Crippen molar-refractivity contribution in [3.05, 3.63) is 29.4 Å². The molecule has 1 N–H and O–H groups in total. The minimum atomic E-state index is -0.00869. The van der Waals surface area contributed by atoms with Gasteiger partial charge in [-0.3, -0.25) is 0 Å². The van der Waals surface area contributed by atoms with Crippen LogP contribution in [0.15, 0.2) is 33.9 Å². The number of thiophene rings is 1. The first-order chi connectivity index (χ1) is 11.9. The van der Waals surface area contributed by atoms with E-state index >= 15 is 0 Å². The highest BCUT2D eigenvalue weighted by atomic mass is 32.1. The second kappa shape index (κ2) is 7.04. The van der Waals surface area contributed by atoms with Gasteiger partial charge in [0, 0.05) is 23.7 Å². The summed E-state index contributed by atoms with van der Waals surface area (Å²) in [7, 11) is 0. The van der Waals surface area contributed by atoms with Crippen molar-refractivity contribution in [2.45, 2.75) is 6.10 Å². The number of ether oxygens (including phenoxy) is 2. The maximum atomic E-state index is 5.62. The van der Waals surface area contributed by atoms with Gasteiger partial charge in [-0.2, -0.15) is 16.3 Å². The first-order valence-corrected chi connectivity index (χ1v) is 8.44. The standard InChI is InChI=1S/C15H15N5O3S/c1-4-24-8-10(1)13-19-15(23-20-13)12-6-16-9-18-14(12)17-5-11-7-21-2-3-22-11/h1,4,6,8-9,11H,2-3,5,7H2,(H,16,17,18). The summed E-state index contributed by atoms with van der Waals surface area (Å²) in [5.41, 5.74) is 1.58. The van der Waals surface area contributed by atoms with E-state index in [-0.39, 0.29) is 6.10 Å². The summed E-state index contributed by atoms with van der Waals surface area (Å²) in [4.78, 5) is 12.8. The Balaban J connectivity index is 1.53. The lowest BCUT2D eigenvalue weighted by Crippen LogP contribution is -2.34. The molecule has 0 aliphatic carbocycles. The number of hydrogen-bond donors (Lipinski definition) is 1. The van der Waals surface area contributed by atoms with Crippen LogP contribution < -0.4 is 5.32 Å². The highest BCUT2D eigenvalue weighted by Gasteiger charge is 2.18. The summed E-state index contributed by atoms with van der Waals surface area (Å²) in [6.45, 7) is 2.39. The molecule has 0 saturated carbocycles. The van der Waals surface area contributed by atoms with E-state index in [4.69, 9.17) is 14.0 Å². The van der Waals surface area contributed by atoms with Gasteiger partial charge in [0.1, 0.15) is 17.7 Å². The molecule has 124 valence electrons. The smallest absolute Gasteiger partial charge is 0.263 e. The van der Waals surface area contributed by atoms with E-state index in [1.54, 1.807) is 17.5 Å². The molecule has 9 heteroatoms. The predicted molar refractivity (Wildman–Crippen MR) is 87.7 cm³/mol. The number of anilines is 1. The Morgan fingerprint density at radius 1 is 1.33 bits per heavy atom. The van der Waals surface area contributed by atoms with Crippen LogP contribution >= 0.6 is 11.3 Å². The Morgan fingerprint density at radius 3 is 3.17 bits per heavy atom. The Kier molecular flexibility index (Phi) is 4.45. The third-order valence-electron chi connectivity index (χ3n) is 3.53. The first kappa shape index (κ1) is 15.2. The van der Waals surface area contributed by atoms with E-state index in [1.165, 1.54) is 6.33 Å². The molecule has 0 spiro atoms. The fourth-order valence-corrected chi connectivity index (χ4v) is 2.97. The Hall–Kier alpha value is -2.36. The molecular weight excluding hydrogens is 330 g/mol. The van der Waals surface area contributed by atoms with Crippen molar-refractivity contribution in [3.8, 4) is 22.8 Å². The monoisotopic (exact) mass is 345 g/mol. The fourth-order valence-electron chi connectivity index (χ4n) is 2.33. The third kappa shape index (κ3) is 3.28. The average Bonchev–Trinajstić information content (AvgIpc) is 3.32. The van der Waals surface area contributed by atoms with Crippen LogP contribution in [0.25, 0.3) is 22.8 Å². The number of aromatic nitrogens is 4. The number of nitrogens with one attached hydrogen (secondary N) is 1. The molecule has 4 heterocycles. The zero-order chi connectivity index (χ0) is 16.2. The van der Waals surface area contributed by atoms with Crippen LogP contribution in [0.3, 0.4) is 0 Å². The Bertz CT molecular complexity index is 786. The lowest BCUT2D eigenvalue weighted by molar-refractivity contribution is -0.0819. The Labute approximate surface area is 141 Å². The lowest BCUT2D eigenvalue weighted by Gasteiger charge is -2.23. The number of rotatable bonds is 5. The van der Waals surface area contributed by atoms with Crippen molar-refractivity contribution < 1.29 is 14.0 Å². The Morgan fingerprint density at radius 2 is 2.33 bits per heavy atom. The van der Waals surface area contributed by atoms with Crippen LogP contribution in [0.4, 0.5) is 5.82 Å². The van der Waals surface area contributed by atoms with Gasteiger partial charge in [0.05, 0.1) is 25.9 Å². The highest BCUT2D eigenvalue weighted by Crippen LogP contribution is 2.27. The molecule has 4 rings (SSSR count). The number of nitrogens with zero attached hydrogens (tertiary/aromatic N) is 4. The van der Waals surface area contributed by atoms with Crippen LogP contribution in [0.1, 0.15) is 0 Å². The molecule has 0 bridgehead atoms. The largest absolute Gasteiger partial charge is 0.376 e. The molecule has 8 nitrogen and oxygen atoms in total. The van der Waals surface area contributed by atoms with Gasteiger partial charge < -0.3 is 19.3 Å². The van der Waals surface area contributed by atoms with E-state index in [1.807, 2.05) is 16.8 Å². The van der Waals surface area contributed by atoms with Crippen LogP contribution in [0.5, 0.6) is 0 Å². The molecule has 1 atom stereocenters. The molecule has 1 fully saturated rings. The van der Waals surface area contributed by atoms with Gasteiger partial charge in [-0.25, -0.2) is 9.97 Å². The fraction of sp³-hybridized carbons (Fsp3) is 0.333. The van der Waals surface area contributed by atoms with Crippen molar-refractivity contribution in [2.75, 3.05) is 31.7 Å². The first-order valence-electron chi connectivity index (χ1n) is 7.50. The lowest BCUT2D eigenvalue weighted by atomic mass is 10.2. The normalized spacial score (nSPS) is 17.8. The summed E-state index contributed by atoms with van der Waals surface area (Å²) >= 11 is 1.58. The van der Waals surface area contributed by atoms with Crippen molar-refractivity contribution in [1.82, 2.24) is 20.1 Å². The van der Waals surface area contributed by atoms with Crippen molar-refractivity contribution >= 4 is 17.2 Å². The zero-order valence-corrected chi connectivity index (χ0v) is 13.5. The SMILES string of the molecule is c1ncc(-c2nc(-c3ccsc3)no2)c(NCC2COCCO2)n1. The van der Waals surface area contributed by atoms with Gasteiger partial charge in [0.15, 0.2) is 0 Å². The van der Waals surface area contributed by atoms with Gasteiger partial charge in [0.2, 0.25) is 5.82 Å². The highest BCUT2D eigenvalue weighted by molar-refractivity contribution is 7.08. The van der Waals surface area contributed by atoms with Gasteiger partial charge in [0.25, 0.3) is 5.89 Å². The minimum absolute atomic E-state index is 0.00869. The van der Waals surface area contributed by atoms with Crippen molar-refractivity contribution in [3.63, 3.8) is 0 Å². The van der Waals surface area contributed by atoms with Crippen molar-refractivity contribution in [2.24, 2.45) is 0 Å². The molecule has 1 saturated heterocycles. The maximum Gasteiger partial charge on any atom is 0.263 e. The van der Waals surface area contributed by atoms with Crippen LogP contribution in [0, 0.1) is 0 Å². The second-order valence-corrected chi connectivity index (χ2v) is 5.95. The summed E-state index contributed by atoms with van der Waals surface area (Å²) in [6.07, 6.45) is 3.12. The summed E-state index contributed by atoms with van der Waals surface area (Å²) in [5, 5.41) is 11.2. The van der Waals surface area contributed by atoms with E-state index in [9.17, 15) is 0 Å². The molecule has 3 aromatic heterocycles. The van der Waals surface area contributed by atoms with E-state index in [0.29, 0.717) is 49.5 Å². The quantitative estimate of drug-likeness (QED) is 0.751. The van der Waals surface area contributed by atoms with Gasteiger partial charge in [-0.15, -0.1) is 0 Å². The molecule has 0 radical (unpaired) electrons. The molecule has 24 heavy (non-hydrogen) atoms. The summed E-state index contributed by atoms with van der Waals surface area (Å²) in [6, 6.07) is 1.94. The van der Waals surface area contributed by atoms with E-state index in [0.717, 1.165) is 5.56 Å². The van der Waals surface area contributed by atoms with E-state index < -0.39 is 0 Å². The predicted octanol–water partition coefficient (Wildman–Crippen LogP) is 2.08. The van der Waals surface area contributed by atoms with Crippen LogP contribution in [-0.2, 0) is 9.47 Å². The van der Waals surface area contributed by atoms with Gasteiger partial charge >= 0.3 is 0 Å². The van der Waals surface area contributed by atoms with Crippen molar-refractivity contribution in [1.29, 1.82) is 0 Å². The summed E-state index contributed by atoms with van der Waals surface area (Å²) < 4.78 is 16.4. The molecule has 0 aromatic carbocycles. The average molecular weight is 345 g/mol. The number of hydrogen-bond acceptors (Lipinski definition) is 9. The molecule has 0 amide bonds. The van der Waals surface area contributed by atoms with E-state index in [2.05, 4.69) is 25.4 Å². The van der Waals surface area contributed by atoms with Gasteiger partial charge in [-0.05, 0) is 11.4 Å². The molecular formula is C15H15N5O3S. The van der Waals surface area contributed by atoms with Crippen LogP contribution in [-0.4, -0.2) is 52.6 Å². The molecule has 3 aromatic rings. The molecule has 1 aliphatic rings. The zero-order valence-electron chi connectivity index (χ0n) is 12.7. The topological polar surface area (TPSA) is 95.2 Å². The molecule has 1 unspecified atom stereocenters. The minimum Gasteiger partial charge on any atom is -0.376 e.